The van der Waals surface area contributed by atoms with Crippen molar-refractivity contribution in [2.75, 3.05) is 19.7 Å². The van der Waals surface area contributed by atoms with E-state index in [0.29, 0.717) is 17.7 Å². The van der Waals surface area contributed by atoms with Gasteiger partial charge in [0.2, 0.25) is 0 Å². The van der Waals surface area contributed by atoms with Gasteiger partial charge in [0.25, 0.3) is 0 Å². The van der Waals surface area contributed by atoms with E-state index in [1.807, 2.05) is 13.0 Å². The second-order valence-corrected chi connectivity index (χ2v) is 3.32. The van der Waals surface area contributed by atoms with Crippen molar-refractivity contribution in [2.45, 2.75) is 13.5 Å². The number of nitriles is 1. The molecule has 0 saturated carbocycles. The molecule has 0 fully saturated rings. The quantitative estimate of drug-likeness (QED) is 0.747. The zero-order valence-corrected chi connectivity index (χ0v) is 9.29. The molecule has 0 aliphatic carbocycles. The first kappa shape index (κ1) is 12.6. The third-order valence-corrected chi connectivity index (χ3v) is 2.11. The van der Waals surface area contributed by atoms with Gasteiger partial charge in [-0.2, -0.15) is 5.26 Å². The summed E-state index contributed by atoms with van der Waals surface area (Å²) in [4.78, 5) is 0. The van der Waals surface area contributed by atoms with E-state index in [2.05, 4.69) is 5.32 Å². The van der Waals surface area contributed by atoms with Crippen LogP contribution in [-0.4, -0.2) is 19.7 Å². The Hall–Kier alpha value is -1.44. The van der Waals surface area contributed by atoms with Gasteiger partial charge in [-0.05, 0) is 24.7 Å². The Morgan fingerprint density at radius 2 is 2.31 bits per heavy atom. The molecule has 0 aromatic heterocycles. The van der Waals surface area contributed by atoms with Crippen LogP contribution in [0.4, 0.5) is 4.39 Å². The lowest BCUT2D eigenvalue weighted by molar-refractivity contribution is 0.120. The van der Waals surface area contributed by atoms with Crippen molar-refractivity contribution in [1.29, 1.82) is 5.26 Å². The first-order chi connectivity index (χ1) is 7.77. The van der Waals surface area contributed by atoms with Crippen LogP contribution in [0.5, 0.6) is 0 Å². The van der Waals surface area contributed by atoms with Gasteiger partial charge in [0.15, 0.2) is 0 Å². The van der Waals surface area contributed by atoms with Crippen LogP contribution in [-0.2, 0) is 11.3 Å². The second-order valence-electron chi connectivity index (χ2n) is 3.32. The standard InChI is InChI=1S/C12H15FN2O/c1-2-15-5-6-16-9-11-7-10(8-14)3-4-12(11)13/h3-4,7,15H,2,5-6,9H2,1H3. The fourth-order valence-electron chi connectivity index (χ4n) is 1.26. The molecular weight excluding hydrogens is 207 g/mol. The van der Waals surface area contributed by atoms with Crippen molar-refractivity contribution in [3.63, 3.8) is 0 Å². The third kappa shape index (κ3) is 3.97. The molecule has 1 N–H and O–H groups in total. The molecule has 4 heteroatoms. The summed E-state index contributed by atoms with van der Waals surface area (Å²) >= 11 is 0. The largest absolute Gasteiger partial charge is 0.375 e. The number of halogens is 1. The number of ether oxygens (including phenoxy) is 1. The maximum Gasteiger partial charge on any atom is 0.128 e. The van der Waals surface area contributed by atoms with Crippen LogP contribution in [0.2, 0.25) is 0 Å². The number of nitrogens with one attached hydrogen (secondary N) is 1. The molecule has 1 rings (SSSR count). The zero-order valence-electron chi connectivity index (χ0n) is 9.29. The number of hydrogen-bond acceptors (Lipinski definition) is 3. The van der Waals surface area contributed by atoms with Gasteiger partial charge < -0.3 is 10.1 Å². The van der Waals surface area contributed by atoms with Crippen molar-refractivity contribution in [3.05, 3.63) is 35.1 Å². The maximum atomic E-state index is 13.3. The normalized spacial score (nSPS) is 10.1. The zero-order chi connectivity index (χ0) is 11.8. The third-order valence-electron chi connectivity index (χ3n) is 2.11. The number of hydrogen-bond donors (Lipinski definition) is 1. The lowest BCUT2D eigenvalue weighted by atomic mass is 10.1. The molecule has 0 atom stereocenters. The summed E-state index contributed by atoms with van der Waals surface area (Å²) in [7, 11) is 0. The molecule has 3 nitrogen and oxygen atoms in total. The highest BCUT2D eigenvalue weighted by molar-refractivity contribution is 5.33. The van der Waals surface area contributed by atoms with E-state index >= 15 is 0 Å². The highest BCUT2D eigenvalue weighted by Crippen LogP contribution is 2.11. The summed E-state index contributed by atoms with van der Waals surface area (Å²) < 4.78 is 18.6. The molecule has 1 aromatic carbocycles. The monoisotopic (exact) mass is 222 g/mol. The average Bonchev–Trinajstić information content (AvgIpc) is 2.31. The van der Waals surface area contributed by atoms with Gasteiger partial charge in [-0.25, -0.2) is 4.39 Å². The van der Waals surface area contributed by atoms with Crippen molar-refractivity contribution in [3.8, 4) is 6.07 Å². The van der Waals surface area contributed by atoms with Gasteiger partial charge >= 0.3 is 0 Å². The van der Waals surface area contributed by atoms with Gasteiger partial charge in [-0.15, -0.1) is 0 Å². The van der Waals surface area contributed by atoms with Crippen molar-refractivity contribution in [1.82, 2.24) is 5.32 Å². The lowest BCUT2D eigenvalue weighted by Crippen LogP contribution is -2.18. The number of likely N-dealkylation sites (N-methyl/N-ethyl adjacent to an activating group) is 1. The Morgan fingerprint density at radius 3 is 3.00 bits per heavy atom. The van der Waals surface area contributed by atoms with Crippen LogP contribution in [0.25, 0.3) is 0 Å². The van der Waals surface area contributed by atoms with Crippen LogP contribution >= 0.6 is 0 Å². The number of rotatable bonds is 6. The highest BCUT2D eigenvalue weighted by Gasteiger charge is 2.03. The predicted molar refractivity (Wildman–Crippen MR) is 59.3 cm³/mol. The Labute approximate surface area is 94.8 Å². The minimum absolute atomic E-state index is 0.201. The SMILES string of the molecule is CCNCCOCc1cc(C#N)ccc1F. The fraction of sp³-hybridized carbons (Fsp3) is 0.417. The van der Waals surface area contributed by atoms with Crippen LogP contribution in [0, 0.1) is 17.1 Å². The van der Waals surface area contributed by atoms with Gasteiger partial charge in [0.05, 0.1) is 24.8 Å². The van der Waals surface area contributed by atoms with E-state index < -0.39 is 0 Å². The highest BCUT2D eigenvalue weighted by atomic mass is 19.1. The molecule has 0 bridgehead atoms. The van der Waals surface area contributed by atoms with Crippen molar-refractivity contribution < 1.29 is 9.13 Å². The minimum atomic E-state index is -0.331. The molecule has 0 spiro atoms. The molecule has 0 amide bonds. The average molecular weight is 222 g/mol. The number of benzene rings is 1. The minimum Gasteiger partial charge on any atom is -0.375 e. The summed E-state index contributed by atoms with van der Waals surface area (Å²) in [5.74, 6) is -0.331. The molecule has 16 heavy (non-hydrogen) atoms. The van der Waals surface area contributed by atoms with Crippen LogP contribution < -0.4 is 5.32 Å². The summed E-state index contributed by atoms with van der Waals surface area (Å²) in [6, 6.07) is 6.24. The molecule has 86 valence electrons. The lowest BCUT2D eigenvalue weighted by Gasteiger charge is -2.06. The molecule has 0 aliphatic rings. The first-order valence-electron chi connectivity index (χ1n) is 5.25. The Kier molecular flexibility index (Phi) is 5.48. The smallest absolute Gasteiger partial charge is 0.128 e. The molecule has 0 heterocycles. The summed E-state index contributed by atoms with van der Waals surface area (Å²) in [5, 5.41) is 11.8. The van der Waals surface area contributed by atoms with E-state index in [0.717, 1.165) is 13.1 Å². The van der Waals surface area contributed by atoms with Gasteiger partial charge in [0, 0.05) is 12.1 Å². The molecular formula is C12H15FN2O. The van der Waals surface area contributed by atoms with Crippen molar-refractivity contribution in [2.24, 2.45) is 0 Å². The van der Waals surface area contributed by atoms with Gasteiger partial charge in [0.1, 0.15) is 5.82 Å². The molecule has 0 aliphatic heterocycles. The second kappa shape index (κ2) is 6.94. The fourth-order valence-corrected chi connectivity index (χ4v) is 1.26. The van der Waals surface area contributed by atoms with Crippen LogP contribution in [0.1, 0.15) is 18.1 Å². The van der Waals surface area contributed by atoms with Gasteiger partial charge in [-0.1, -0.05) is 6.92 Å². The molecule has 0 unspecified atom stereocenters. The molecule has 1 aromatic rings. The van der Waals surface area contributed by atoms with Crippen LogP contribution in [0.3, 0.4) is 0 Å². The Balaban J connectivity index is 2.44. The summed E-state index contributed by atoms with van der Waals surface area (Å²) in [6.45, 7) is 4.38. The topological polar surface area (TPSA) is 45.0 Å². The van der Waals surface area contributed by atoms with E-state index in [1.165, 1.54) is 18.2 Å². The summed E-state index contributed by atoms with van der Waals surface area (Å²) in [6.07, 6.45) is 0. The van der Waals surface area contributed by atoms with Crippen molar-refractivity contribution >= 4 is 0 Å². The Bertz CT molecular complexity index is 374. The number of nitrogens with zero attached hydrogens (tertiary/aromatic N) is 1. The first-order valence-corrected chi connectivity index (χ1v) is 5.25. The molecule has 0 saturated heterocycles. The Morgan fingerprint density at radius 1 is 1.50 bits per heavy atom. The summed E-state index contributed by atoms with van der Waals surface area (Å²) in [5.41, 5.74) is 0.877. The predicted octanol–water partition coefficient (Wildman–Crippen LogP) is 1.82. The van der Waals surface area contributed by atoms with E-state index in [1.54, 1.807) is 0 Å². The van der Waals surface area contributed by atoms with E-state index in [-0.39, 0.29) is 12.4 Å². The molecule has 0 radical (unpaired) electrons. The maximum absolute atomic E-state index is 13.3. The van der Waals surface area contributed by atoms with Gasteiger partial charge in [-0.3, -0.25) is 0 Å². The van der Waals surface area contributed by atoms with E-state index in [4.69, 9.17) is 10.00 Å². The van der Waals surface area contributed by atoms with Crippen LogP contribution in [0.15, 0.2) is 18.2 Å². The van der Waals surface area contributed by atoms with E-state index in [9.17, 15) is 4.39 Å².